The average molecular weight is 479 g/mol. The van der Waals surface area contributed by atoms with E-state index in [0.29, 0.717) is 28.1 Å². The lowest BCUT2D eigenvalue weighted by molar-refractivity contribution is -0.122. The molecule has 0 unspecified atom stereocenters. The van der Waals surface area contributed by atoms with Crippen LogP contribution in [0.4, 0.5) is 14.9 Å². The van der Waals surface area contributed by atoms with Gasteiger partial charge in [-0.1, -0.05) is 41.9 Å². The number of nitrogens with zero attached hydrogens (tertiary/aromatic N) is 1. The molecule has 172 valence electrons. The van der Waals surface area contributed by atoms with Gasteiger partial charge in [0, 0.05) is 0 Å². The van der Waals surface area contributed by atoms with E-state index < -0.39 is 17.8 Å². The van der Waals surface area contributed by atoms with E-state index in [4.69, 9.17) is 16.3 Å². The fourth-order valence-electron chi connectivity index (χ4n) is 3.52. The number of imide groups is 2. The second-order valence-electron chi connectivity index (χ2n) is 7.86. The Morgan fingerprint density at radius 1 is 1.03 bits per heavy atom. The SMILES string of the molecule is Cc1ccc(C)c(N2C(=O)NC(=O)/C(=C\c3ccc(OCc4cccc(F)c4)c(Cl)c3)C2=O)c1. The summed E-state index contributed by atoms with van der Waals surface area (Å²) in [5.41, 5.74) is 2.89. The van der Waals surface area contributed by atoms with Crippen molar-refractivity contribution >= 4 is 41.2 Å². The third-order valence-electron chi connectivity index (χ3n) is 5.26. The van der Waals surface area contributed by atoms with Crippen molar-refractivity contribution in [3.8, 4) is 5.75 Å². The number of nitrogens with one attached hydrogen (secondary N) is 1. The van der Waals surface area contributed by atoms with Crippen molar-refractivity contribution in [1.29, 1.82) is 0 Å². The highest BCUT2D eigenvalue weighted by Crippen LogP contribution is 2.29. The first-order chi connectivity index (χ1) is 16.2. The number of aryl methyl sites for hydroxylation is 2. The van der Waals surface area contributed by atoms with Crippen LogP contribution in [0.15, 0.2) is 66.2 Å². The Labute approximate surface area is 200 Å². The first-order valence-corrected chi connectivity index (χ1v) is 10.8. The number of barbiturate groups is 1. The predicted octanol–water partition coefficient (Wildman–Crippen LogP) is 5.34. The molecule has 4 amide bonds. The minimum absolute atomic E-state index is 0.117. The van der Waals surface area contributed by atoms with Gasteiger partial charge in [-0.3, -0.25) is 14.9 Å². The van der Waals surface area contributed by atoms with Gasteiger partial charge in [-0.25, -0.2) is 14.1 Å². The number of rotatable bonds is 5. The van der Waals surface area contributed by atoms with E-state index in [1.165, 1.54) is 24.3 Å². The molecule has 0 bridgehead atoms. The van der Waals surface area contributed by atoms with Crippen molar-refractivity contribution in [2.75, 3.05) is 4.90 Å². The maximum Gasteiger partial charge on any atom is 0.335 e. The number of anilines is 1. The lowest BCUT2D eigenvalue weighted by atomic mass is 10.0. The molecule has 0 saturated carbocycles. The Morgan fingerprint density at radius 2 is 1.82 bits per heavy atom. The fourth-order valence-corrected chi connectivity index (χ4v) is 3.76. The van der Waals surface area contributed by atoms with E-state index in [9.17, 15) is 18.8 Å². The van der Waals surface area contributed by atoms with Gasteiger partial charge in [-0.15, -0.1) is 0 Å². The zero-order chi connectivity index (χ0) is 24.4. The van der Waals surface area contributed by atoms with Crippen molar-refractivity contribution in [2.45, 2.75) is 20.5 Å². The number of hydrogen-bond acceptors (Lipinski definition) is 4. The van der Waals surface area contributed by atoms with E-state index in [-0.39, 0.29) is 23.0 Å². The lowest BCUT2D eigenvalue weighted by Crippen LogP contribution is -2.54. The molecule has 8 heteroatoms. The summed E-state index contributed by atoms with van der Waals surface area (Å²) in [6.07, 6.45) is 1.37. The average Bonchev–Trinajstić information content (AvgIpc) is 2.78. The number of carbonyl (C=O) groups excluding carboxylic acids is 3. The summed E-state index contributed by atoms with van der Waals surface area (Å²) >= 11 is 6.32. The first kappa shape index (κ1) is 23.2. The molecule has 1 aliphatic rings. The molecule has 0 aromatic heterocycles. The molecule has 0 spiro atoms. The smallest absolute Gasteiger partial charge is 0.335 e. The van der Waals surface area contributed by atoms with Crippen LogP contribution in [0, 0.1) is 19.7 Å². The van der Waals surface area contributed by atoms with Crippen molar-refractivity contribution < 1.29 is 23.5 Å². The summed E-state index contributed by atoms with van der Waals surface area (Å²) in [5.74, 6) is -1.53. The number of hydrogen-bond donors (Lipinski definition) is 1. The Morgan fingerprint density at radius 3 is 2.56 bits per heavy atom. The molecule has 3 aromatic carbocycles. The van der Waals surface area contributed by atoms with Crippen molar-refractivity contribution in [1.82, 2.24) is 5.32 Å². The van der Waals surface area contributed by atoms with Gasteiger partial charge in [-0.05, 0) is 72.5 Å². The van der Waals surface area contributed by atoms with E-state index in [1.54, 1.807) is 43.3 Å². The maximum absolute atomic E-state index is 13.3. The van der Waals surface area contributed by atoms with Gasteiger partial charge in [0.25, 0.3) is 11.8 Å². The van der Waals surface area contributed by atoms with Gasteiger partial charge in [-0.2, -0.15) is 0 Å². The minimum Gasteiger partial charge on any atom is -0.487 e. The van der Waals surface area contributed by atoms with E-state index >= 15 is 0 Å². The van der Waals surface area contributed by atoms with Crippen LogP contribution in [0.25, 0.3) is 6.08 Å². The molecular formula is C26H20ClFN2O4. The zero-order valence-electron chi connectivity index (χ0n) is 18.4. The van der Waals surface area contributed by atoms with Crippen LogP contribution in [-0.4, -0.2) is 17.8 Å². The Kier molecular flexibility index (Phi) is 6.47. The number of ether oxygens (including phenoxy) is 1. The van der Waals surface area contributed by atoms with Crippen LogP contribution < -0.4 is 15.0 Å². The number of carbonyl (C=O) groups is 3. The summed E-state index contributed by atoms with van der Waals surface area (Å²) in [4.78, 5) is 39.0. The number of amides is 4. The molecule has 1 fully saturated rings. The van der Waals surface area contributed by atoms with Crippen molar-refractivity contribution in [3.05, 3.63) is 99.3 Å². The van der Waals surface area contributed by atoms with Crippen LogP contribution >= 0.6 is 11.6 Å². The van der Waals surface area contributed by atoms with Crippen LogP contribution in [0.1, 0.15) is 22.3 Å². The molecule has 34 heavy (non-hydrogen) atoms. The molecule has 3 aromatic rings. The summed E-state index contributed by atoms with van der Waals surface area (Å²) in [7, 11) is 0. The van der Waals surface area contributed by atoms with Gasteiger partial charge >= 0.3 is 6.03 Å². The van der Waals surface area contributed by atoms with Crippen molar-refractivity contribution in [2.24, 2.45) is 0 Å². The predicted molar refractivity (Wildman–Crippen MR) is 127 cm³/mol. The number of urea groups is 1. The molecule has 1 heterocycles. The summed E-state index contributed by atoms with van der Waals surface area (Å²) < 4.78 is 19.0. The van der Waals surface area contributed by atoms with E-state index in [0.717, 1.165) is 10.5 Å². The highest BCUT2D eigenvalue weighted by molar-refractivity contribution is 6.39. The maximum atomic E-state index is 13.3. The number of benzene rings is 3. The van der Waals surface area contributed by atoms with Gasteiger partial charge in [0.05, 0.1) is 10.7 Å². The van der Waals surface area contributed by atoms with E-state index in [2.05, 4.69) is 5.32 Å². The zero-order valence-corrected chi connectivity index (χ0v) is 19.2. The minimum atomic E-state index is -0.806. The molecule has 1 aliphatic heterocycles. The molecule has 0 atom stereocenters. The third kappa shape index (κ3) is 4.84. The van der Waals surface area contributed by atoms with Crippen LogP contribution in [0.3, 0.4) is 0 Å². The molecule has 6 nitrogen and oxygen atoms in total. The van der Waals surface area contributed by atoms with Gasteiger partial charge < -0.3 is 4.74 Å². The van der Waals surface area contributed by atoms with Gasteiger partial charge in [0.1, 0.15) is 23.7 Å². The highest BCUT2D eigenvalue weighted by atomic mass is 35.5. The third-order valence-corrected chi connectivity index (χ3v) is 5.55. The molecule has 1 saturated heterocycles. The monoisotopic (exact) mass is 478 g/mol. The van der Waals surface area contributed by atoms with Crippen LogP contribution in [0.2, 0.25) is 5.02 Å². The van der Waals surface area contributed by atoms with Crippen LogP contribution in [0.5, 0.6) is 5.75 Å². The summed E-state index contributed by atoms with van der Waals surface area (Å²) in [5, 5.41) is 2.46. The lowest BCUT2D eigenvalue weighted by Gasteiger charge is -2.27. The molecule has 0 radical (unpaired) electrons. The van der Waals surface area contributed by atoms with Crippen molar-refractivity contribution in [3.63, 3.8) is 0 Å². The molecule has 4 rings (SSSR count). The Balaban J connectivity index is 1.59. The highest BCUT2D eigenvalue weighted by Gasteiger charge is 2.37. The van der Waals surface area contributed by atoms with Crippen LogP contribution in [-0.2, 0) is 16.2 Å². The quantitative estimate of drug-likeness (QED) is 0.396. The van der Waals surface area contributed by atoms with Gasteiger partial charge in [0.2, 0.25) is 0 Å². The molecule has 1 N–H and O–H groups in total. The van der Waals surface area contributed by atoms with E-state index in [1.807, 2.05) is 13.0 Å². The fraction of sp³-hybridized carbons (Fsp3) is 0.115. The van der Waals surface area contributed by atoms with Gasteiger partial charge in [0.15, 0.2) is 0 Å². The Hall–Kier alpha value is -3.97. The second kappa shape index (κ2) is 9.49. The standard InChI is InChI=1S/C26H20ClFN2O4/c1-15-6-7-16(2)22(10-15)30-25(32)20(24(31)29-26(30)33)12-17-8-9-23(21(27)13-17)34-14-18-4-3-5-19(28)11-18/h3-13H,14H2,1-2H3,(H,29,31,33)/b20-12+. The normalized spacial score (nSPS) is 15.0. The second-order valence-corrected chi connectivity index (χ2v) is 8.26. The number of halogens is 2. The largest absolute Gasteiger partial charge is 0.487 e. The Bertz CT molecular complexity index is 1350. The molecular weight excluding hydrogens is 459 g/mol. The topological polar surface area (TPSA) is 75.7 Å². The summed E-state index contributed by atoms with van der Waals surface area (Å²) in [6, 6.07) is 15.3. The summed E-state index contributed by atoms with van der Waals surface area (Å²) in [6.45, 7) is 3.74. The molecule has 0 aliphatic carbocycles. The first-order valence-electron chi connectivity index (χ1n) is 10.4.